The van der Waals surface area contributed by atoms with Gasteiger partial charge in [0.15, 0.2) is 5.65 Å². The van der Waals surface area contributed by atoms with Crippen LogP contribution in [0.5, 0.6) is 0 Å². The van der Waals surface area contributed by atoms with E-state index in [0.717, 1.165) is 53.7 Å². The Balaban J connectivity index is 1.58. The molecule has 0 atom stereocenters. The van der Waals surface area contributed by atoms with Crippen LogP contribution in [-0.4, -0.2) is 46.7 Å². The van der Waals surface area contributed by atoms with Crippen molar-refractivity contribution >= 4 is 32.1 Å². The third-order valence-corrected chi connectivity index (χ3v) is 7.97. The highest BCUT2D eigenvalue weighted by molar-refractivity contribution is 7.90. The molecule has 33 heavy (non-hydrogen) atoms. The van der Waals surface area contributed by atoms with E-state index in [2.05, 4.69) is 29.7 Å². The Morgan fingerprint density at radius 1 is 1.15 bits per heavy atom. The number of fused-ring (bicyclic) bond motifs is 3. The van der Waals surface area contributed by atoms with Crippen LogP contribution in [0.25, 0.3) is 32.5 Å². The van der Waals surface area contributed by atoms with Gasteiger partial charge in [-0.05, 0) is 56.3 Å². The molecule has 0 saturated carbocycles. The van der Waals surface area contributed by atoms with Gasteiger partial charge in [-0.1, -0.05) is 22.8 Å². The third-order valence-electron chi connectivity index (χ3n) is 6.29. The number of piperidine rings is 1. The summed E-state index contributed by atoms with van der Waals surface area (Å²) in [7, 11) is -3.78. The predicted molar refractivity (Wildman–Crippen MR) is 126 cm³/mol. The van der Waals surface area contributed by atoms with Crippen LogP contribution in [0.4, 0.5) is 0 Å². The first-order chi connectivity index (χ1) is 15.9. The molecule has 0 radical (unpaired) electrons. The molecule has 0 bridgehead atoms. The third kappa shape index (κ3) is 3.59. The average Bonchev–Trinajstić information content (AvgIpc) is 3.39. The van der Waals surface area contributed by atoms with Crippen LogP contribution in [0.3, 0.4) is 0 Å². The van der Waals surface area contributed by atoms with Crippen LogP contribution in [-0.2, 0) is 10.0 Å². The van der Waals surface area contributed by atoms with Crippen LogP contribution in [0.2, 0.25) is 0 Å². The lowest BCUT2D eigenvalue weighted by Gasteiger charge is -2.34. The molecule has 1 saturated heterocycles. The van der Waals surface area contributed by atoms with E-state index in [1.54, 1.807) is 42.7 Å². The molecule has 10 nitrogen and oxygen atoms in total. The van der Waals surface area contributed by atoms with Crippen LogP contribution in [0, 0.1) is 19.8 Å². The minimum Gasteiger partial charge on any atom is -0.311 e. The van der Waals surface area contributed by atoms with E-state index in [-0.39, 0.29) is 4.90 Å². The molecule has 0 spiro atoms. The minimum atomic E-state index is -3.78. The van der Waals surface area contributed by atoms with Gasteiger partial charge in [0.25, 0.3) is 10.0 Å². The Morgan fingerprint density at radius 2 is 1.88 bits per heavy atom. The number of benzene rings is 1. The van der Waals surface area contributed by atoms with E-state index in [4.69, 9.17) is 5.53 Å². The second kappa shape index (κ2) is 8.09. The van der Waals surface area contributed by atoms with Crippen molar-refractivity contribution in [2.45, 2.75) is 31.6 Å². The van der Waals surface area contributed by atoms with Crippen LogP contribution in [0.1, 0.15) is 24.2 Å². The van der Waals surface area contributed by atoms with Gasteiger partial charge in [-0.3, -0.25) is 0 Å². The molecule has 3 aromatic heterocycles. The zero-order valence-corrected chi connectivity index (χ0v) is 19.3. The van der Waals surface area contributed by atoms with Gasteiger partial charge >= 0.3 is 0 Å². The molecule has 1 aliphatic heterocycles. The monoisotopic (exact) mass is 464 g/mol. The van der Waals surface area contributed by atoms with Crippen LogP contribution in [0.15, 0.2) is 52.7 Å². The van der Waals surface area contributed by atoms with Gasteiger partial charge in [0.1, 0.15) is 16.9 Å². The Labute approximate surface area is 191 Å². The summed E-state index contributed by atoms with van der Waals surface area (Å²) < 4.78 is 30.0. The molecule has 4 heterocycles. The first-order valence-corrected chi connectivity index (χ1v) is 12.3. The maximum Gasteiger partial charge on any atom is 0.269 e. The molecule has 11 heteroatoms. The summed E-state index contributed by atoms with van der Waals surface area (Å²) in [5.74, 6) is 1.19. The first-order valence-electron chi connectivity index (χ1n) is 10.8. The molecule has 0 unspecified atom stereocenters. The number of hydrogen-bond donors (Lipinski definition) is 0. The number of pyridine rings is 1. The molecule has 0 aliphatic carbocycles. The van der Waals surface area contributed by atoms with Crippen LogP contribution >= 0.6 is 0 Å². The molecule has 0 amide bonds. The number of azide groups is 1. The number of imidazole rings is 1. The van der Waals surface area contributed by atoms with Crippen molar-refractivity contribution in [1.82, 2.24) is 18.6 Å². The molecule has 4 aromatic rings. The maximum absolute atomic E-state index is 13.3. The smallest absolute Gasteiger partial charge is 0.269 e. The highest BCUT2D eigenvalue weighted by Crippen LogP contribution is 2.29. The fraction of sp³-hybridized carbons (Fsp3) is 0.364. The summed E-state index contributed by atoms with van der Waals surface area (Å²) in [6, 6.07) is 8.60. The number of aryl methyl sites for hydroxylation is 2. The molecular formula is C22H24N8O2S. The zero-order valence-electron chi connectivity index (χ0n) is 18.5. The normalized spacial score (nSPS) is 15.3. The van der Waals surface area contributed by atoms with Crippen molar-refractivity contribution in [3.63, 3.8) is 0 Å². The van der Waals surface area contributed by atoms with Gasteiger partial charge < -0.3 is 5.01 Å². The average molecular weight is 465 g/mol. The largest absolute Gasteiger partial charge is 0.311 e. The van der Waals surface area contributed by atoms with E-state index >= 15 is 0 Å². The van der Waals surface area contributed by atoms with Crippen molar-refractivity contribution in [2.24, 2.45) is 11.0 Å². The summed E-state index contributed by atoms with van der Waals surface area (Å²) >= 11 is 0. The zero-order chi connectivity index (χ0) is 23.2. The molecular weight excluding hydrogens is 440 g/mol. The Kier molecular flexibility index (Phi) is 5.22. The van der Waals surface area contributed by atoms with E-state index in [9.17, 15) is 8.42 Å². The standard InChI is InChI=1S/C22H24N8O2S/c1-15-3-5-18(6-4-15)33(31,32)29-12-9-19-21-20(14-24-22(19)29)26-16(2)30(21)28-10-7-17(8-11-28)13-25-27-23/h3-6,9,12,14,17H,7-8,10-11,13H2,1-2H3. The SMILES string of the molecule is Cc1ccc(S(=O)(=O)n2ccc3c2ncc2nc(C)n(N4CCC(CN=[N+]=[N-])CC4)c23)cc1. The summed E-state index contributed by atoms with van der Waals surface area (Å²) in [5.41, 5.74) is 11.5. The lowest BCUT2D eigenvalue weighted by atomic mass is 9.98. The lowest BCUT2D eigenvalue weighted by molar-refractivity contribution is 0.371. The highest BCUT2D eigenvalue weighted by Gasteiger charge is 2.25. The minimum absolute atomic E-state index is 0.222. The van der Waals surface area contributed by atoms with Crippen molar-refractivity contribution in [1.29, 1.82) is 0 Å². The molecule has 0 N–H and O–H groups in total. The van der Waals surface area contributed by atoms with Gasteiger partial charge in [0.2, 0.25) is 0 Å². The van der Waals surface area contributed by atoms with E-state index in [1.807, 2.05) is 13.8 Å². The number of hydrogen-bond acceptors (Lipinski definition) is 6. The highest BCUT2D eigenvalue weighted by atomic mass is 32.2. The van der Waals surface area contributed by atoms with Gasteiger partial charge in [-0.15, -0.1) is 0 Å². The van der Waals surface area contributed by atoms with Gasteiger partial charge in [0, 0.05) is 36.1 Å². The van der Waals surface area contributed by atoms with Crippen LogP contribution < -0.4 is 5.01 Å². The molecule has 1 fully saturated rings. The number of aromatic nitrogens is 4. The first kappa shape index (κ1) is 21.3. The Morgan fingerprint density at radius 3 is 2.58 bits per heavy atom. The Hall–Kier alpha value is -3.56. The topological polar surface area (TPSA) is 122 Å². The second-order valence-corrected chi connectivity index (χ2v) is 10.3. The second-order valence-electron chi connectivity index (χ2n) is 8.44. The van der Waals surface area contributed by atoms with Crippen molar-refractivity contribution < 1.29 is 8.42 Å². The van der Waals surface area contributed by atoms with E-state index in [0.29, 0.717) is 18.1 Å². The molecule has 1 aliphatic rings. The quantitative estimate of drug-likeness (QED) is 0.252. The maximum atomic E-state index is 13.3. The molecule has 5 rings (SSSR count). The summed E-state index contributed by atoms with van der Waals surface area (Å²) in [5, 5.41) is 6.68. The van der Waals surface area contributed by atoms with E-state index < -0.39 is 10.0 Å². The Bertz CT molecular complexity index is 1490. The lowest BCUT2D eigenvalue weighted by Crippen LogP contribution is -2.42. The number of rotatable bonds is 5. The predicted octanol–water partition coefficient (Wildman–Crippen LogP) is 3.90. The van der Waals surface area contributed by atoms with Crippen molar-refractivity contribution in [3.8, 4) is 0 Å². The van der Waals surface area contributed by atoms with Crippen molar-refractivity contribution in [3.05, 3.63) is 64.6 Å². The molecule has 170 valence electrons. The summed E-state index contributed by atoms with van der Waals surface area (Å²) in [4.78, 5) is 12.2. The van der Waals surface area contributed by atoms with Gasteiger partial charge in [-0.25, -0.2) is 27.0 Å². The summed E-state index contributed by atoms with van der Waals surface area (Å²) in [6.07, 6.45) is 5.02. The number of nitrogens with zero attached hydrogens (tertiary/aromatic N) is 8. The fourth-order valence-corrected chi connectivity index (χ4v) is 5.85. The van der Waals surface area contributed by atoms with Gasteiger partial charge in [0.05, 0.1) is 11.1 Å². The fourth-order valence-electron chi connectivity index (χ4n) is 4.54. The molecule has 1 aromatic carbocycles. The van der Waals surface area contributed by atoms with E-state index in [1.165, 1.54) is 3.97 Å². The van der Waals surface area contributed by atoms with Gasteiger partial charge in [-0.2, -0.15) is 0 Å². The van der Waals surface area contributed by atoms with Crippen molar-refractivity contribution in [2.75, 3.05) is 24.6 Å². The summed E-state index contributed by atoms with van der Waals surface area (Å²) in [6.45, 7) is 5.97.